The van der Waals surface area contributed by atoms with E-state index in [-0.39, 0.29) is 0 Å². The first-order chi connectivity index (χ1) is 12.8. The van der Waals surface area contributed by atoms with Gasteiger partial charge < -0.3 is 4.42 Å². The second-order valence-corrected chi connectivity index (χ2v) is 7.11. The van der Waals surface area contributed by atoms with E-state index in [2.05, 4.69) is 70.5 Å². The summed E-state index contributed by atoms with van der Waals surface area (Å²) in [6.45, 7) is 0. The van der Waals surface area contributed by atoms with E-state index in [9.17, 15) is 0 Å². The van der Waals surface area contributed by atoms with Crippen LogP contribution in [0.4, 0.5) is 0 Å². The van der Waals surface area contributed by atoms with Gasteiger partial charge in [-0.15, -0.1) is 0 Å². The number of nitrogens with zero attached hydrogens (tertiary/aromatic N) is 1. The zero-order chi connectivity index (χ0) is 17.5. The molecule has 2 nitrogen and oxygen atoms in total. The molecule has 0 spiro atoms. The van der Waals surface area contributed by atoms with Crippen LogP contribution in [0.15, 0.2) is 93.8 Å². The first kappa shape index (κ1) is 15.4. The maximum atomic E-state index is 6.07. The van der Waals surface area contributed by atoms with Crippen LogP contribution in [-0.2, 0) is 0 Å². The number of oxazole rings is 1. The van der Waals surface area contributed by atoms with Crippen molar-refractivity contribution in [1.82, 2.24) is 4.98 Å². The number of hydrogen-bond donors (Lipinski definition) is 0. The first-order valence-electron chi connectivity index (χ1n) is 8.43. The summed E-state index contributed by atoms with van der Waals surface area (Å²) in [5.74, 6) is 0.636. The monoisotopic (exact) mass is 399 g/mol. The quantitative estimate of drug-likeness (QED) is 0.317. The number of aromatic nitrogens is 1. The number of halogens is 1. The molecule has 124 valence electrons. The molecule has 0 N–H and O–H groups in total. The lowest BCUT2D eigenvalue weighted by Gasteiger charge is -2.02. The highest BCUT2D eigenvalue weighted by Crippen LogP contribution is 2.34. The van der Waals surface area contributed by atoms with Crippen LogP contribution in [-0.4, -0.2) is 4.98 Å². The molecule has 5 rings (SSSR count). The summed E-state index contributed by atoms with van der Waals surface area (Å²) in [4.78, 5) is 4.74. The maximum absolute atomic E-state index is 6.07. The van der Waals surface area contributed by atoms with Crippen molar-refractivity contribution in [2.24, 2.45) is 0 Å². The average molecular weight is 400 g/mol. The predicted octanol–water partition coefficient (Wildman–Crippen LogP) is 7.08. The minimum atomic E-state index is 0.636. The number of hydrogen-bond acceptors (Lipinski definition) is 2. The van der Waals surface area contributed by atoms with Crippen molar-refractivity contribution in [3.8, 4) is 22.6 Å². The molecule has 0 aliphatic heterocycles. The molecule has 0 radical (unpaired) electrons. The van der Waals surface area contributed by atoms with Crippen LogP contribution >= 0.6 is 15.9 Å². The maximum Gasteiger partial charge on any atom is 0.227 e. The molecule has 0 aliphatic carbocycles. The molecule has 3 heteroatoms. The summed E-state index contributed by atoms with van der Waals surface area (Å²) in [5.41, 5.74) is 4.87. The van der Waals surface area contributed by atoms with Crippen molar-refractivity contribution in [3.05, 3.63) is 89.4 Å². The fourth-order valence-electron chi connectivity index (χ4n) is 3.24. The fourth-order valence-corrected chi connectivity index (χ4v) is 3.77. The van der Waals surface area contributed by atoms with E-state index in [0.717, 1.165) is 32.3 Å². The minimum Gasteiger partial charge on any atom is -0.435 e. The number of rotatable bonds is 2. The number of benzene rings is 4. The Labute approximate surface area is 159 Å². The second-order valence-electron chi connectivity index (χ2n) is 6.25. The minimum absolute atomic E-state index is 0.636. The molecule has 0 aliphatic rings. The molecule has 0 amide bonds. The molecule has 0 bridgehead atoms. The highest BCUT2D eigenvalue weighted by molar-refractivity contribution is 9.10. The van der Waals surface area contributed by atoms with Crippen LogP contribution in [0.3, 0.4) is 0 Å². The molecule has 5 aromatic rings. The van der Waals surface area contributed by atoms with Crippen LogP contribution in [0.5, 0.6) is 0 Å². The Hall–Kier alpha value is -2.91. The lowest BCUT2D eigenvalue weighted by Crippen LogP contribution is -1.80. The van der Waals surface area contributed by atoms with Gasteiger partial charge in [0.05, 0.1) is 4.47 Å². The average Bonchev–Trinajstić information content (AvgIpc) is 3.13. The van der Waals surface area contributed by atoms with Crippen molar-refractivity contribution in [2.75, 3.05) is 0 Å². The van der Waals surface area contributed by atoms with Crippen molar-refractivity contribution >= 4 is 37.8 Å². The molecule has 1 aromatic heterocycles. The summed E-state index contributed by atoms with van der Waals surface area (Å²) in [6.07, 6.45) is 0. The Morgan fingerprint density at radius 2 is 1.42 bits per heavy atom. The summed E-state index contributed by atoms with van der Waals surface area (Å²) in [6, 6.07) is 29.0. The number of fused-ring (bicyclic) bond motifs is 2. The molecule has 26 heavy (non-hydrogen) atoms. The lowest BCUT2D eigenvalue weighted by molar-refractivity contribution is 0.618. The molecule has 1 heterocycles. The van der Waals surface area contributed by atoms with Crippen molar-refractivity contribution in [1.29, 1.82) is 0 Å². The zero-order valence-corrected chi connectivity index (χ0v) is 15.4. The van der Waals surface area contributed by atoms with Gasteiger partial charge in [-0.1, -0.05) is 60.7 Å². The zero-order valence-electron chi connectivity index (χ0n) is 13.8. The Morgan fingerprint density at radius 1 is 0.654 bits per heavy atom. The molecule has 0 saturated carbocycles. The van der Waals surface area contributed by atoms with Gasteiger partial charge in [-0.05, 0) is 62.1 Å². The second kappa shape index (κ2) is 6.11. The highest BCUT2D eigenvalue weighted by Gasteiger charge is 2.13. The molecule has 0 fully saturated rings. The third kappa shape index (κ3) is 2.61. The van der Waals surface area contributed by atoms with Crippen LogP contribution in [0.1, 0.15) is 0 Å². The van der Waals surface area contributed by atoms with Gasteiger partial charge in [-0.25, -0.2) is 4.98 Å². The first-order valence-corrected chi connectivity index (χ1v) is 9.22. The molecule has 0 unspecified atom stereocenters. The van der Waals surface area contributed by atoms with Gasteiger partial charge in [0.2, 0.25) is 5.89 Å². The van der Waals surface area contributed by atoms with Crippen LogP contribution < -0.4 is 0 Å². The molecule has 0 atom stereocenters. The third-order valence-electron chi connectivity index (χ3n) is 4.55. The van der Waals surface area contributed by atoms with Gasteiger partial charge in [-0.3, -0.25) is 0 Å². The van der Waals surface area contributed by atoms with Gasteiger partial charge >= 0.3 is 0 Å². The van der Waals surface area contributed by atoms with Gasteiger partial charge in [0.1, 0.15) is 5.52 Å². The van der Waals surface area contributed by atoms with Gasteiger partial charge in [0, 0.05) is 5.56 Å². The normalized spacial score (nSPS) is 11.3. The smallest absolute Gasteiger partial charge is 0.227 e. The Bertz CT molecular complexity index is 1240. The summed E-state index contributed by atoms with van der Waals surface area (Å²) < 4.78 is 6.98. The van der Waals surface area contributed by atoms with E-state index in [1.807, 2.05) is 30.3 Å². The Balaban J connectivity index is 1.66. The SMILES string of the molecule is Brc1cc(-c2ccccc2)cc2nc(-c3ccc4ccccc4c3)oc12. The van der Waals surface area contributed by atoms with Gasteiger partial charge in [0.25, 0.3) is 0 Å². The summed E-state index contributed by atoms with van der Waals surface area (Å²) in [5, 5.41) is 2.39. The van der Waals surface area contributed by atoms with Crippen LogP contribution in [0, 0.1) is 0 Å². The van der Waals surface area contributed by atoms with Crippen LogP contribution in [0.2, 0.25) is 0 Å². The van der Waals surface area contributed by atoms with E-state index in [4.69, 9.17) is 9.40 Å². The van der Waals surface area contributed by atoms with E-state index in [0.29, 0.717) is 5.89 Å². The van der Waals surface area contributed by atoms with E-state index >= 15 is 0 Å². The largest absolute Gasteiger partial charge is 0.435 e. The molecular weight excluding hydrogens is 386 g/mol. The van der Waals surface area contributed by atoms with E-state index in [1.165, 1.54) is 10.8 Å². The van der Waals surface area contributed by atoms with Crippen molar-refractivity contribution < 1.29 is 4.42 Å². The highest BCUT2D eigenvalue weighted by atomic mass is 79.9. The van der Waals surface area contributed by atoms with Crippen LogP contribution in [0.25, 0.3) is 44.5 Å². The molecule has 0 saturated heterocycles. The standard InChI is InChI=1S/C23H14BrNO/c24-20-13-19(15-6-2-1-3-7-15)14-21-22(20)26-23(25-21)18-11-10-16-8-4-5-9-17(16)12-18/h1-14H. The van der Waals surface area contributed by atoms with Gasteiger partial charge in [0.15, 0.2) is 5.58 Å². The van der Waals surface area contributed by atoms with E-state index < -0.39 is 0 Å². The van der Waals surface area contributed by atoms with Gasteiger partial charge in [-0.2, -0.15) is 0 Å². The van der Waals surface area contributed by atoms with Crippen molar-refractivity contribution in [2.45, 2.75) is 0 Å². The van der Waals surface area contributed by atoms with Crippen molar-refractivity contribution in [3.63, 3.8) is 0 Å². The Morgan fingerprint density at radius 3 is 2.27 bits per heavy atom. The Kier molecular flexibility index (Phi) is 3.61. The third-order valence-corrected chi connectivity index (χ3v) is 5.14. The fraction of sp³-hybridized carbons (Fsp3) is 0. The molecular formula is C23H14BrNO. The predicted molar refractivity (Wildman–Crippen MR) is 110 cm³/mol. The topological polar surface area (TPSA) is 26.0 Å². The summed E-state index contributed by atoms with van der Waals surface area (Å²) in [7, 11) is 0. The summed E-state index contributed by atoms with van der Waals surface area (Å²) >= 11 is 3.64. The lowest BCUT2D eigenvalue weighted by atomic mass is 10.1. The molecule has 4 aromatic carbocycles. The van der Waals surface area contributed by atoms with E-state index in [1.54, 1.807) is 0 Å².